The fourth-order valence-electron chi connectivity index (χ4n) is 3.68. The molecule has 2 heterocycles. The highest BCUT2D eigenvalue weighted by Gasteiger charge is 2.48. The maximum Gasteiger partial charge on any atom is 0.323 e. The highest BCUT2D eigenvalue weighted by atomic mass is 32.2. The Hall–Kier alpha value is -1.87. The van der Waals surface area contributed by atoms with E-state index in [0.29, 0.717) is 5.75 Å². The van der Waals surface area contributed by atoms with Gasteiger partial charge >= 0.3 is 5.97 Å². The van der Waals surface area contributed by atoms with E-state index in [0.717, 1.165) is 20.1 Å². The Morgan fingerprint density at radius 1 is 1.14 bits per heavy atom. The first-order valence-electron chi connectivity index (χ1n) is 9.18. The lowest BCUT2D eigenvalue weighted by molar-refractivity contribution is -0.142. The minimum Gasteiger partial charge on any atom is -0.480 e. The van der Waals surface area contributed by atoms with Crippen LogP contribution in [0.1, 0.15) is 13.8 Å². The summed E-state index contributed by atoms with van der Waals surface area (Å²) in [7, 11) is -3.91. The maximum absolute atomic E-state index is 13.2. The van der Waals surface area contributed by atoms with E-state index in [1.54, 1.807) is 49.4 Å². The van der Waals surface area contributed by atoms with Crippen LogP contribution in [0.2, 0.25) is 0 Å². The number of rotatable bonds is 4. The molecule has 4 rings (SSSR count). The molecule has 1 N–H and O–H groups in total. The number of hydrogen-bond donors (Lipinski definition) is 1. The number of hydrogen-bond acceptors (Lipinski definition) is 5. The standard InChI is InChI=1S/C21H21NO4S3/c1-21(2)19(20(23)24)22(11-12-27-21)29(25,26)16-9-7-14(8-10-16)18-13-15-5-3-4-6-17(15)28-18/h3-10,13,19H,11-12H2,1-2H3,(H,23,24)/t19-/m0/s1. The molecule has 0 spiro atoms. The van der Waals surface area contributed by atoms with E-state index in [-0.39, 0.29) is 11.4 Å². The van der Waals surface area contributed by atoms with Crippen molar-refractivity contribution >= 4 is 49.2 Å². The van der Waals surface area contributed by atoms with Crippen LogP contribution in [0.25, 0.3) is 20.5 Å². The molecule has 2 aromatic carbocycles. The van der Waals surface area contributed by atoms with Gasteiger partial charge < -0.3 is 5.11 Å². The fraction of sp³-hybridized carbons (Fsp3) is 0.286. The van der Waals surface area contributed by atoms with E-state index in [4.69, 9.17) is 0 Å². The van der Waals surface area contributed by atoms with Gasteiger partial charge in [-0.05, 0) is 49.1 Å². The van der Waals surface area contributed by atoms with Crippen LogP contribution in [0.15, 0.2) is 59.5 Å². The van der Waals surface area contributed by atoms with Gasteiger partial charge in [0.25, 0.3) is 0 Å². The summed E-state index contributed by atoms with van der Waals surface area (Å²) in [6.45, 7) is 3.75. The number of aliphatic carboxylic acids is 1. The van der Waals surface area contributed by atoms with Gasteiger partial charge in [0, 0.05) is 26.6 Å². The zero-order valence-electron chi connectivity index (χ0n) is 16.0. The maximum atomic E-state index is 13.2. The first kappa shape index (κ1) is 20.4. The van der Waals surface area contributed by atoms with Gasteiger partial charge in [-0.3, -0.25) is 4.79 Å². The normalized spacial score (nSPS) is 20.0. The molecule has 1 aromatic heterocycles. The summed E-state index contributed by atoms with van der Waals surface area (Å²) in [6, 6.07) is 15.8. The number of sulfonamides is 1. The Kier molecular flexibility index (Phi) is 5.23. The molecule has 1 fully saturated rings. The molecule has 0 unspecified atom stereocenters. The molecule has 0 bridgehead atoms. The second kappa shape index (κ2) is 7.43. The molecule has 3 aromatic rings. The molecule has 5 nitrogen and oxygen atoms in total. The van der Waals surface area contributed by atoms with Crippen LogP contribution in [0.4, 0.5) is 0 Å². The number of benzene rings is 2. The van der Waals surface area contributed by atoms with Crippen LogP contribution in [0.3, 0.4) is 0 Å². The van der Waals surface area contributed by atoms with Gasteiger partial charge in [-0.15, -0.1) is 11.3 Å². The van der Waals surface area contributed by atoms with Gasteiger partial charge in [0.2, 0.25) is 10.0 Å². The third kappa shape index (κ3) is 3.70. The summed E-state index contributed by atoms with van der Waals surface area (Å²) >= 11 is 3.14. The van der Waals surface area contributed by atoms with Crippen LogP contribution in [-0.4, -0.2) is 46.9 Å². The highest BCUT2D eigenvalue weighted by Crippen LogP contribution is 2.39. The van der Waals surface area contributed by atoms with Crippen molar-refractivity contribution in [1.82, 2.24) is 4.31 Å². The van der Waals surface area contributed by atoms with Crippen molar-refractivity contribution in [3.05, 3.63) is 54.6 Å². The molecule has 1 aliphatic heterocycles. The van der Waals surface area contributed by atoms with Crippen LogP contribution in [-0.2, 0) is 14.8 Å². The Bertz CT molecular complexity index is 1130. The highest BCUT2D eigenvalue weighted by molar-refractivity contribution is 8.00. The summed E-state index contributed by atoms with van der Waals surface area (Å²) in [4.78, 5) is 13.1. The molecule has 0 radical (unpaired) electrons. The van der Waals surface area contributed by atoms with Crippen molar-refractivity contribution in [2.75, 3.05) is 12.3 Å². The van der Waals surface area contributed by atoms with E-state index >= 15 is 0 Å². The lowest BCUT2D eigenvalue weighted by Gasteiger charge is -2.42. The van der Waals surface area contributed by atoms with Gasteiger partial charge in [0.15, 0.2) is 0 Å². The Labute approximate surface area is 178 Å². The Balaban J connectivity index is 1.68. The number of carbonyl (C=O) groups is 1. The van der Waals surface area contributed by atoms with E-state index in [2.05, 4.69) is 18.2 Å². The summed E-state index contributed by atoms with van der Waals surface area (Å²) in [5, 5.41) is 10.9. The van der Waals surface area contributed by atoms with Gasteiger partial charge in [0.1, 0.15) is 6.04 Å². The molecular formula is C21H21NO4S3. The van der Waals surface area contributed by atoms with Crippen molar-refractivity contribution < 1.29 is 18.3 Å². The molecule has 152 valence electrons. The third-order valence-electron chi connectivity index (χ3n) is 5.14. The van der Waals surface area contributed by atoms with Gasteiger partial charge in [-0.2, -0.15) is 16.1 Å². The van der Waals surface area contributed by atoms with Crippen molar-refractivity contribution in [3.63, 3.8) is 0 Å². The molecule has 1 aliphatic rings. The Morgan fingerprint density at radius 2 is 1.83 bits per heavy atom. The van der Waals surface area contributed by atoms with Crippen LogP contribution >= 0.6 is 23.1 Å². The number of carboxylic acids is 1. The lowest BCUT2D eigenvalue weighted by atomic mass is 10.0. The summed E-state index contributed by atoms with van der Waals surface area (Å²) in [5.41, 5.74) is 0.939. The van der Waals surface area contributed by atoms with E-state index in [9.17, 15) is 18.3 Å². The minimum absolute atomic E-state index is 0.122. The van der Waals surface area contributed by atoms with Crippen molar-refractivity contribution in [1.29, 1.82) is 0 Å². The molecule has 29 heavy (non-hydrogen) atoms. The molecule has 8 heteroatoms. The van der Waals surface area contributed by atoms with Crippen LogP contribution < -0.4 is 0 Å². The molecule has 1 atom stereocenters. The second-order valence-corrected chi connectivity index (χ2v) is 12.2. The number of nitrogens with zero attached hydrogens (tertiary/aromatic N) is 1. The summed E-state index contributed by atoms with van der Waals surface area (Å²) in [6.07, 6.45) is 0. The lowest BCUT2D eigenvalue weighted by Crippen LogP contribution is -2.58. The molecule has 0 saturated carbocycles. The van der Waals surface area contributed by atoms with Crippen molar-refractivity contribution in [3.8, 4) is 10.4 Å². The van der Waals surface area contributed by atoms with E-state index in [1.807, 2.05) is 12.1 Å². The van der Waals surface area contributed by atoms with E-state index in [1.165, 1.54) is 16.5 Å². The van der Waals surface area contributed by atoms with Gasteiger partial charge in [0.05, 0.1) is 4.90 Å². The third-order valence-corrected chi connectivity index (χ3v) is 9.53. The summed E-state index contributed by atoms with van der Waals surface area (Å²) < 4.78 is 28.1. The number of carboxylic acid groups (broad SMARTS) is 1. The minimum atomic E-state index is -3.91. The average Bonchev–Trinajstić information content (AvgIpc) is 3.11. The van der Waals surface area contributed by atoms with Crippen molar-refractivity contribution in [2.24, 2.45) is 0 Å². The first-order valence-corrected chi connectivity index (χ1v) is 12.4. The second-order valence-electron chi connectivity index (χ2n) is 7.48. The largest absolute Gasteiger partial charge is 0.480 e. The Morgan fingerprint density at radius 3 is 2.48 bits per heavy atom. The van der Waals surface area contributed by atoms with E-state index < -0.39 is 26.8 Å². The molecule has 1 saturated heterocycles. The average molecular weight is 448 g/mol. The monoisotopic (exact) mass is 447 g/mol. The predicted octanol–water partition coefficient (Wildman–Crippen LogP) is 4.54. The van der Waals surface area contributed by atoms with Crippen LogP contribution in [0.5, 0.6) is 0 Å². The number of fused-ring (bicyclic) bond motifs is 1. The first-order chi connectivity index (χ1) is 13.7. The van der Waals surface area contributed by atoms with Crippen LogP contribution in [0, 0.1) is 0 Å². The zero-order valence-corrected chi connectivity index (χ0v) is 18.5. The molecule has 0 aliphatic carbocycles. The zero-order chi connectivity index (χ0) is 20.8. The van der Waals surface area contributed by atoms with Gasteiger partial charge in [-0.1, -0.05) is 30.3 Å². The van der Waals surface area contributed by atoms with Crippen molar-refractivity contribution in [2.45, 2.75) is 29.5 Å². The fourth-order valence-corrected chi connectivity index (χ4v) is 7.85. The molecule has 0 amide bonds. The smallest absolute Gasteiger partial charge is 0.323 e. The SMILES string of the molecule is CC1(C)SCCN(S(=O)(=O)c2ccc(-c3cc4ccccc4s3)cc2)[C@H]1C(=O)O. The topological polar surface area (TPSA) is 74.7 Å². The number of thioether (sulfide) groups is 1. The summed E-state index contributed by atoms with van der Waals surface area (Å²) in [5.74, 6) is -0.553. The predicted molar refractivity (Wildman–Crippen MR) is 119 cm³/mol. The van der Waals surface area contributed by atoms with Gasteiger partial charge in [-0.25, -0.2) is 8.42 Å². The quantitative estimate of drug-likeness (QED) is 0.636. The molecular weight excluding hydrogens is 426 g/mol. The number of thiophene rings is 1.